The zero-order valence-electron chi connectivity index (χ0n) is 15.7. The van der Waals surface area contributed by atoms with Crippen LogP contribution in [0.5, 0.6) is 0 Å². The predicted molar refractivity (Wildman–Crippen MR) is 104 cm³/mol. The highest BCUT2D eigenvalue weighted by Gasteiger charge is 2.35. The first-order valence-electron chi connectivity index (χ1n) is 9.55. The Kier molecular flexibility index (Phi) is 4.88. The van der Waals surface area contributed by atoms with Gasteiger partial charge in [-0.25, -0.2) is 9.97 Å². The van der Waals surface area contributed by atoms with Crippen LogP contribution in [0.15, 0.2) is 48.3 Å². The van der Waals surface area contributed by atoms with Gasteiger partial charge in [-0.3, -0.25) is 4.90 Å². The Balaban J connectivity index is 1.37. The van der Waals surface area contributed by atoms with Gasteiger partial charge in [-0.05, 0) is 39.2 Å². The van der Waals surface area contributed by atoms with Gasteiger partial charge in [-0.1, -0.05) is 35.4 Å². The maximum Gasteiger partial charge on any atom is 0.159 e. The number of hydrogen-bond acceptors (Lipinski definition) is 4. The van der Waals surface area contributed by atoms with E-state index in [2.05, 4.69) is 59.1 Å². The van der Waals surface area contributed by atoms with Crippen molar-refractivity contribution >= 4 is 0 Å². The van der Waals surface area contributed by atoms with Crippen molar-refractivity contribution in [1.82, 2.24) is 14.9 Å². The van der Waals surface area contributed by atoms with Gasteiger partial charge < -0.3 is 4.74 Å². The molecular weight excluding hydrogens is 322 g/mol. The highest BCUT2D eigenvalue weighted by molar-refractivity contribution is 5.55. The van der Waals surface area contributed by atoms with E-state index in [0.717, 1.165) is 56.9 Å². The molecule has 26 heavy (non-hydrogen) atoms. The second-order valence-electron chi connectivity index (χ2n) is 7.71. The number of likely N-dealkylation sites (tertiary alicyclic amines) is 1. The fourth-order valence-corrected chi connectivity index (χ4v) is 3.98. The molecule has 4 heteroatoms. The minimum Gasteiger partial charge on any atom is -0.370 e. The summed E-state index contributed by atoms with van der Waals surface area (Å²) >= 11 is 0. The molecule has 4 nitrogen and oxygen atoms in total. The summed E-state index contributed by atoms with van der Waals surface area (Å²) < 4.78 is 6.12. The van der Waals surface area contributed by atoms with Crippen LogP contribution in [0, 0.1) is 6.92 Å². The Morgan fingerprint density at radius 3 is 2.58 bits per heavy atom. The zero-order valence-corrected chi connectivity index (χ0v) is 15.7. The molecular formula is C22H27N3O. The minimum absolute atomic E-state index is 0.00956. The van der Waals surface area contributed by atoms with Gasteiger partial charge >= 0.3 is 0 Å². The van der Waals surface area contributed by atoms with Crippen molar-refractivity contribution in [3.63, 3.8) is 0 Å². The van der Waals surface area contributed by atoms with E-state index >= 15 is 0 Å². The molecule has 0 aliphatic carbocycles. The average Bonchev–Trinajstić information content (AvgIpc) is 2.64. The lowest BCUT2D eigenvalue weighted by Crippen LogP contribution is -2.46. The predicted octanol–water partition coefficient (Wildman–Crippen LogP) is 4.15. The van der Waals surface area contributed by atoms with Gasteiger partial charge in [-0.2, -0.15) is 0 Å². The van der Waals surface area contributed by atoms with E-state index in [0.29, 0.717) is 0 Å². The second-order valence-corrected chi connectivity index (χ2v) is 7.71. The average molecular weight is 349 g/mol. The number of nitrogens with zero attached hydrogens (tertiary/aromatic N) is 3. The van der Waals surface area contributed by atoms with Crippen LogP contribution < -0.4 is 0 Å². The van der Waals surface area contributed by atoms with Crippen LogP contribution in [0.25, 0.3) is 11.4 Å². The molecule has 2 aliphatic heterocycles. The molecule has 2 aliphatic rings. The molecule has 136 valence electrons. The number of rotatable bonds is 3. The van der Waals surface area contributed by atoms with Gasteiger partial charge in [0.1, 0.15) is 0 Å². The maximum absolute atomic E-state index is 6.12. The fraction of sp³-hybridized carbons (Fsp3) is 0.455. The highest BCUT2D eigenvalue weighted by Crippen LogP contribution is 2.33. The SMILES string of the molecule is CC1=CC2(CCN(Cc3cnc(-c4cccc(C)c4)nc3)CC2)OCC1. The number of benzene rings is 1. The maximum atomic E-state index is 6.12. The largest absolute Gasteiger partial charge is 0.370 e. The molecule has 0 saturated carbocycles. The standard InChI is InChI=1S/C22H27N3O/c1-17-4-3-5-20(12-17)21-23-14-19(15-24-21)16-25-9-7-22(8-10-25)13-18(2)6-11-26-22/h3-5,12-15H,6-11,16H2,1-2H3. The number of piperidine rings is 1. The third-order valence-corrected chi connectivity index (χ3v) is 5.49. The lowest BCUT2D eigenvalue weighted by atomic mass is 9.87. The van der Waals surface area contributed by atoms with Gasteiger partial charge in [0, 0.05) is 43.2 Å². The number of aromatic nitrogens is 2. The van der Waals surface area contributed by atoms with Crippen LogP contribution >= 0.6 is 0 Å². The summed E-state index contributed by atoms with van der Waals surface area (Å²) in [6.07, 6.45) is 9.54. The molecule has 1 aromatic heterocycles. The Morgan fingerprint density at radius 2 is 1.88 bits per heavy atom. The lowest BCUT2D eigenvalue weighted by Gasteiger charge is -2.42. The summed E-state index contributed by atoms with van der Waals surface area (Å²) in [4.78, 5) is 11.6. The first kappa shape index (κ1) is 17.4. The molecule has 0 atom stereocenters. The first-order chi connectivity index (χ1) is 12.6. The van der Waals surface area contributed by atoms with E-state index in [1.165, 1.54) is 16.7 Å². The molecule has 1 saturated heterocycles. The van der Waals surface area contributed by atoms with Crippen LogP contribution in [0.2, 0.25) is 0 Å². The van der Waals surface area contributed by atoms with Crippen molar-refractivity contribution in [3.05, 3.63) is 59.4 Å². The first-order valence-corrected chi connectivity index (χ1v) is 9.55. The van der Waals surface area contributed by atoms with Crippen molar-refractivity contribution in [2.75, 3.05) is 19.7 Å². The molecule has 0 N–H and O–H groups in total. The minimum atomic E-state index is -0.00956. The molecule has 0 bridgehead atoms. The van der Waals surface area contributed by atoms with Crippen LogP contribution in [0.1, 0.15) is 37.3 Å². The van der Waals surface area contributed by atoms with Crippen molar-refractivity contribution in [1.29, 1.82) is 0 Å². The van der Waals surface area contributed by atoms with E-state index in [1.54, 1.807) is 0 Å². The quantitative estimate of drug-likeness (QED) is 0.780. The van der Waals surface area contributed by atoms with Crippen LogP contribution in [0.3, 0.4) is 0 Å². The van der Waals surface area contributed by atoms with E-state index in [4.69, 9.17) is 4.74 Å². The summed E-state index contributed by atoms with van der Waals surface area (Å²) in [6.45, 7) is 8.22. The highest BCUT2D eigenvalue weighted by atomic mass is 16.5. The van der Waals surface area contributed by atoms with Gasteiger partial charge in [0.2, 0.25) is 0 Å². The summed E-state index contributed by atoms with van der Waals surface area (Å²) in [5.41, 5.74) is 4.95. The van der Waals surface area contributed by atoms with E-state index in [9.17, 15) is 0 Å². The van der Waals surface area contributed by atoms with Gasteiger partial charge in [-0.15, -0.1) is 0 Å². The van der Waals surface area contributed by atoms with Crippen LogP contribution in [-0.2, 0) is 11.3 Å². The lowest BCUT2D eigenvalue weighted by molar-refractivity contribution is -0.0577. The van der Waals surface area contributed by atoms with Gasteiger partial charge in [0.05, 0.1) is 12.2 Å². The molecule has 2 aromatic rings. The molecule has 1 spiro atoms. The Labute approximate surface area is 155 Å². The Morgan fingerprint density at radius 1 is 1.12 bits per heavy atom. The van der Waals surface area contributed by atoms with E-state index < -0.39 is 0 Å². The molecule has 1 aromatic carbocycles. The summed E-state index contributed by atoms with van der Waals surface area (Å²) in [5, 5.41) is 0. The molecule has 3 heterocycles. The summed E-state index contributed by atoms with van der Waals surface area (Å²) in [7, 11) is 0. The van der Waals surface area contributed by atoms with Crippen molar-refractivity contribution in [3.8, 4) is 11.4 Å². The van der Waals surface area contributed by atoms with Crippen molar-refractivity contribution in [2.24, 2.45) is 0 Å². The number of ether oxygens (including phenoxy) is 1. The molecule has 4 rings (SSSR count). The second kappa shape index (κ2) is 7.29. The third-order valence-electron chi connectivity index (χ3n) is 5.49. The smallest absolute Gasteiger partial charge is 0.159 e. The number of aryl methyl sites for hydroxylation is 1. The monoisotopic (exact) mass is 349 g/mol. The summed E-state index contributed by atoms with van der Waals surface area (Å²) in [5.74, 6) is 0.797. The van der Waals surface area contributed by atoms with Gasteiger partial charge in [0.25, 0.3) is 0 Å². The van der Waals surface area contributed by atoms with Crippen molar-refractivity contribution in [2.45, 2.75) is 45.3 Å². The van der Waals surface area contributed by atoms with Crippen LogP contribution in [0.4, 0.5) is 0 Å². The fourth-order valence-electron chi connectivity index (χ4n) is 3.98. The number of hydrogen-bond donors (Lipinski definition) is 0. The molecule has 0 radical (unpaired) electrons. The molecule has 0 unspecified atom stereocenters. The van der Waals surface area contributed by atoms with E-state index in [1.807, 2.05) is 12.4 Å². The Hall–Kier alpha value is -2.04. The third kappa shape index (κ3) is 3.87. The van der Waals surface area contributed by atoms with E-state index in [-0.39, 0.29) is 5.60 Å². The normalized spacial score (nSPS) is 20.2. The van der Waals surface area contributed by atoms with Crippen molar-refractivity contribution < 1.29 is 4.74 Å². The zero-order chi connectivity index (χ0) is 18.0. The Bertz CT molecular complexity index is 789. The molecule has 0 amide bonds. The topological polar surface area (TPSA) is 38.2 Å². The molecule has 1 fully saturated rings. The van der Waals surface area contributed by atoms with Crippen LogP contribution in [-0.4, -0.2) is 40.2 Å². The summed E-state index contributed by atoms with van der Waals surface area (Å²) in [6, 6.07) is 8.33. The van der Waals surface area contributed by atoms with Gasteiger partial charge in [0.15, 0.2) is 5.82 Å².